The first-order valence-corrected chi connectivity index (χ1v) is 3.07. The monoisotopic (exact) mass is 165 g/mol. The minimum absolute atomic E-state index is 0. The number of ether oxygens (including phenoxy) is 1. The van der Waals surface area contributed by atoms with Crippen molar-refractivity contribution in [2.45, 2.75) is 18.9 Å². The molecule has 10 heavy (non-hydrogen) atoms. The van der Waals surface area contributed by atoms with Gasteiger partial charge in [0.15, 0.2) is 0 Å². The molecule has 60 valence electrons. The molecule has 2 N–H and O–H groups in total. The molecule has 1 aliphatic rings. The standard InChI is InChI=1S/C6H11NO2.ClH/c1-9-6(8)4-2-5(7)3-4;/h4-5H,2-3,7H2,1H3;1H. The first kappa shape index (κ1) is 9.72. The number of hydrogen-bond acceptors (Lipinski definition) is 3. The topological polar surface area (TPSA) is 52.3 Å². The van der Waals surface area contributed by atoms with Gasteiger partial charge in [-0.1, -0.05) is 0 Å². The third-order valence-corrected chi connectivity index (χ3v) is 1.71. The van der Waals surface area contributed by atoms with Gasteiger partial charge in [0.2, 0.25) is 0 Å². The number of methoxy groups -OCH3 is 1. The highest BCUT2D eigenvalue weighted by Gasteiger charge is 2.32. The van der Waals surface area contributed by atoms with Crippen LogP contribution in [0.3, 0.4) is 0 Å². The third-order valence-electron chi connectivity index (χ3n) is 1.71. The lowest BCUT2D eigenvalue weighted by Crippen LogP contribution is -2.40. The Morgan fingerprint density at radius 2 is 2.10 bits per heavy atom. The maximum Gasteiger partial charge on any atom is 0.308 e. The molecule has 0 spiro atoms. The number of nitrogens with two attached hydrogens (primary N) is 1. The van der Waals surface area contributed by atoms with Gasteiger partial charge in [-0.3, -0.25) is 4.79 Å². The van der Waals surface area contributed by atoms with Gasteiger partial charge in [-0.05, 0) is 12.8 Å². The van der Waals surface area contributed by atoms with E-state index in [1.54, 1.807) is 0 Å². The van der Waals surface area contributed by atoms with Crippen LogP contribution < -0.4 is 5.73 Å². The normalized spacial score (nSPS) is 29.8. The van der Waals surface area contributed by atoms with Crippen molar-refractivity contribution in [1.82, 2.24) is 0 Å². The molecule has 0 unspecified atom stereocenters. The van der Waals surface area contributed by atoms with Crippen LogP contribution in [-0.2, 0) is 9.53 Å². The van der Waals surface area contributed by atoms with Crippen LogP contribution in [0, 0.1) is 5.92 Å². The van der Waals surface area contributed by atoms with E-state index in [0.717, 1.165) is 12.8 Å². The Kier molecular flexibility index (Phi) is 3.68. The van der Waals surface area contributed by atoms with E-state index in [9.17, 15) is 4.79 Å². The summed E-state index contributed by atoms with van der Waals surface area (Å²) >= 11 is 0. The zero-order valence-electron chi connectivity index (χ0n) is 5.87. The Balaban J connectivity index is 0.000000810. The van der Waals surface area contributed by atoms with Gasteiger partial charge in [-0.2, -0.15) is 0 Å². The molecule has 0 aromatic rings. The van der Waals surface area contributed by atoms with E-state index in [1.165, 1.54) is 7.11 Å². The molecule has 0 aliphatic heterocycles. The average Bonchev–Trinajstić information content (AvgIpc) is 1.79. The van der Waals surface area contributed by atoms with Crippen molar-refractivity contribution in [3.63, 3.8) is 0 Å². The van der Waals surface area contributed by atoms with Gasteiger partial charge in [0.05, 0.1) is 13.0 Å². The second-order valence-corrected chi connectivity index (χ2v) is 2.45. The van der Waals surface area contributed by atoms with Gasteiger partial charge in [0, 0.05) is 6.04 Å². The lowest BCUT2D eigenvalue weighted by atomic mass is 9.81. The average molecular weight is 166 g/mol. The molecule has 0 bridgehead atoms. The molecule has 1 rings (SSSR count). The predicted molar refractivity (Wildman–Crippen MR) is 40.0 cm³/mol. The number of esters is 1. The van der Waals surface area contributed by atoms with Crippen LogP contribution in [0.2, 0.25) is 0 Å². The number of carbonyl (C=O) groups excluding carboxylic acids is 1. The molecular weight excluding hydrogens is 154 g/mol. The number of halogens is 1. The third kappa shape index (κ3) is 1.85. The maximum atomic E-state index is 10.7. The van der Waals surface area contributed by atoms with Crippen LogP contribution in [0.25, 0.3) is 0 Å². The van der Waals surface area contributed by atoms with Crippen LogP contribution in [0.5, 0.6) is 0 Å². The van der Waals surface area contributed by atoms with Gasteiger partial charge >= 0.3 is 5.97 Å². The van der Waals surface area contributed by atoms with E-state index in [2.05, 4.69) is 4.74 Å². The Morgan fingerprint density at radius 1 is 1.60 bits per heavy atom. The van der Waals surface area contributed by atoms with Crippen molar-refractivity contribution in [1.29, 1.82) is 0 Å². The summed E-state index contributed by atoms with van der Waals surface area (Å²) in [5.41, 5.74) is 5.45. The highest BCUT2D eigenvalue weighted by atomic mass is 35.5. The van der Waals surface area contributed by atoms with E-state index in [-0.39, 0.29) is 30.3 Å². The fraction of sp³-hybridized carbons (Fsp3) is 0.833. The quantitative estimate of drug-likeness (QED) is 0.570. The molecule has 0 saturated heterocycles. The molecule has 3 nitrogen and oxygen atoms in total. The van der Waals surface area contributed by atoms with Crippen molar-refractivity contribution < 1.29 is 9.53 Å². The van der Waals surface area contributed by atoms with Crippen molar-refractivity contribution in [3.05, 3.63) is 0 Å². The fourth-order valence-corrected chi connectivity index (χ4v) is 1.02. The molecule has 1 saturated carbocycles. The van der Waals surface area contributed by atoms with Gasteiger partial charge < -0.3 is 10.5 Å². The second kappa shape index (κ2) is 3.78. The minimum Gasteiger partial charge on any atom is -0.469 e. The molecule has 1 aliphatic carbocycles. The van der Waals surface area contributed by atoms with Gasteiger partial charge in [-0.25, -0.2) is 0 Å². The van der Waals surface area contributed by atoms with E-state index >= 15 is 0 Å². The smallest absolute Gasteiger partial charge is 0.308 e. The lowest BCUT2D eigenvalue weighted by Gasteiger charge is -2.29. The van der Waals surface area contributed by atoms with Crippen LogP contribution in [0.4, 0.5) is 0 Å². The summed E-state index contributed by atoms with van der Waals surface area (Å²) in [5, 5.41) is 0. The summed E-state index contributed by atoms with van der Waals surface area (Å²) in [6, 6.07) is 0.231. The molecule has 0 aromatic carbocycles. The highest BCUT2D eigenvalue weighted by molar-refractivity contribution is 5.85. The minimum atomic E-state index is -0.114. The Labute approximate surface area is 66.3 Å². The molecule has 4 heteroatoms. The number of hydrogen-bond donors (Lipinski definition) is 1. The second-order valence-electron chi connectivity index (χ2n) is 2.45. The van der Waals surface area contributed by atoms with E-state index in [4.69, 9.17) is 5.73 Å². The Bertz CT molecular complexity index is 123. The lowest BCUT2D eigenvalue weighted by molar-refractivity contribution is -0.148. The van der Waals surface area contributed by atoms with Crippen molar-refractivity contribution in [3.8, 4) is 0 Å². The van der Waals surface area contributed by atoms with Gasteiger partial charge in [-0.15, -0.1) is 12.4 Å². The molecular formula is C6H12ClNO2. The molecule has 0 amide bonds. The number of carbonyl (C=O) groups is 1. The first-order valence-electron chi connectivity index (χ1n) is 3.07. The molecule has 0 aromatic heterocycles. The van der Waals surface area contributed by atoms with E-state index in [1.807, 2.05) is 0 Å². The fourth-order valence-electron chi connectivity index (χ4n) is 1.02. The van der Waals surface area contributed by atoms with Gasteiger partial charge in [0.1, 0.15) is 0 Å². The largest absolute Gasteiger partial charge is 0.469 e. The number of rotatable bonds is 1. The van der Waals surface area contributed by atoms with Crippen molar-refractivity contribution in [2.24, 2.45) is 11.7 Å². The summed E-state index contributed by atoms with van der Waals surface area (Å²) in [4.78, 5) is 10.7. The summed E-state index contributed by atoms with van der Waals surface area (Å²) < 4.78 is 4.51. The highest BCUT2D eigenvalue weighted by Crippen LogP contribution is 2.26. The van der Waals surface area contributed by atoms with Crippen LogP contribution >= 0.6 is 12.4 Å². The Hall–Kier alpha value is -0.280. The summed E-state index contributed by atoms with van der Waals surface area (Å²) in [7, 11) is 1.41. The van der Waals surface area contributed by atoms with Crippen LogP contribution in [0.1, 0.15) is 12.8 Å². The molecule has 1 fully saturated rings. The predicted octanol–water partition coefficient (Wildman–Crippen LogP) is 0.318. The van der Waals surface area contributed by atoms with Crippen molar-refractivity contribution in [2.75, 3.05) is 7.11 Å². The molecule has 0 heterocycles. The zero-order valence-corrected chi connectivity index (χ0v) is 6.69. The van der Waals surface area contributed by atoms with Gasteiger partial charge in [0.25, 0.3) is 0 Å². The van der Waals surface area contributed by atoms with Crippen molar-refractivity contribution >= 4 is 18.4 Å². The van der Waals surface area contributed by atoms with E-state index in [0.29, 0.717) is 0 Å². The molecule has 0 radical (unpaired) electrons. The Morgan fingerprint density at radius 3 is 2.40 bits per heavy atom. The zero-order chi connectivity index (χ0) is 6.85. The SMILES string of the molecule is COC(=O)C1CC(N)C1.Cl. The summed E-state index contributed by atoms with van der Waals surface area (Å²) in [6.45, 7) is 0. The summed E-state index contributed by atoms with van der Waals surface area (Å²) in [6.07, 6.45) is 1.60. The van der Waals surface area contributed by atoms with Crippen LogP contribution in [-0.4, -0.2) is 19.1 Å². The maximum absolute atomic E-state index is 10.7. The summed E-state index contributed by atoms with van der Waals surface area (Å²) in [5.74, 6) is -0.0262. The van der Waals surface area contributed by atoms with Crippen LogP contribution in [0.15, 0.2) is 0 Å². The first-order chi connectivity index (χ1) is 4.24. The van der Waals surface area contributed by atoms with E-state index < -0.39 is 0 Å². The molecule has 0 atom stereocenters.